The Bertz CT molecular complexity index is 824. The Hall–Kier alpha value is -2.04. The summed E-state index contributed by atoms with van der Waals surface area (Å²) in [5.74, 6) is -0.305. The first-order chi connectivity index (χ1) is 12.9. The number of aryl methyl sites for hydroxylation is 1. The van der Waals surface area contributed by atoms with E-state index in [1.165, 1.54) is 0 Å². The van der Waals surface area contributed by atoms with Crippen LogP contribution in [0.3, 0.4) is 0 Å². The van der Waals surface area contributed by atoms with E-state index in [0.29, 0.717) is 23.0 Å². The van der Waals surface area contributed by atoms with Crippen LogP contribution in [0.1, 0.15) is 30.0 Å². The normalized spacial score (nSPS) is 11.7. The smallest absolute Gasteiger partial charge is 0.242 e. The van der Waals surface area contributed by atoms with Gasteiger partial charge in [-0.3, -0.25) is 9.59 Å². The molecule has 1 N–H and O–H groups in total. The number of amides is 2. The third-order valence-electron chi connectivity index (χ3n) is 4.57. The molecule has 0 saturated heterocycles. The Morgan fingerprint density at radius 3 is 2.41 bits per heavy atom. The molecule has 2 amide bonds. The summed E-state index contributed by atoms with van der Waals surface area (Å²) in [4.78, 5) is 27.1. The van der Waals surface area contributed by atoms with E-state index in [1.807, 2.05) is 38.1 Å². The van der Waals surface area contributed by atoms with E-state index in [-0.39, 0.29) is 18.2 Å². The van der Waals surface area contributed by atoms with Crippen molar-refractivity contribution in [2.24, 2.45) is 0 Å². The van der Waals surface area contributed by atoms with Crippen LogP contribution in [0, 0.1) is 6.92 Å². The molecule has 0 aliphatic carbocycles. The summed E-state index contributed by atoms with van der Waals surface area (Å²) in [5, 5.41) is 3.51. The molecule has 0 spiro atoms. The van der Waals surface area contributed by atoms with E-state index in [2.05, 4.69) is 5.32 Å². The maximum atomic E-state index is 13.1. The van der Waals surface area contributed by atoms with Gasteiger partial charge in [-0.15, -0.1) is 0 Å². The van der Waals surface area contributed by atoms with E-state index >= 15 is 0 Å². The molecule has 2 aromatic carbocycles. The molecule has 0 unspecified atom stereocenters. The lowest BCUT2D eigenvalue weighted by atomic mass is 10.0. The van der Waals surface area contributed by atoms with Crippen molar-refractivity contribution in [2.45, 2.75) is 39.3 Å². The molecular formula is C21H24Cl2N2O2. The fourth-order valence-electron chi connectivity index (χ4n) is 2.98. The van der Waals surface area contributed by atoms with Crippen LogP contribution < -0.4 is 5.32 Å². The molecule has 2 rings (SSSR count). The third kappa shape index (κ3) is 5.47. The van der Waals surface area contributed by atoms with E-state index < -0.39 is 6.04 Å². The second kappa shape index (κ2) is 9.77. The summed E-state index contributed by atoms with van der Waals surface area (Å²) in [6, 6.07) is 12.5. The van der Waals surface area contributed by atoms with Crippen LogP contribution in [-0.4, -0.2) is 29.8 Å². The molecule has 27 heavy (non-hydrogen) atoms. The molecule has 2 aromatic rings. The average Bonchev–Trinajstić information content (AvgIpc) is 2.65. The molecule has 4 nitrogen and oxygen atoms in total. The Kier molecular flexibility index (Phi) is 7.69. The lowest BCUT2D eigenvalue weighted by Gasteiger charge is -2.31. The van der Waals surface area contributed by atoms with Crippen molar-refractivity contribution in [3.8, 4) is 0 Å². The van der Waals surface area contributed by atoms with E-state index in [0.717, 1.165) is 16.7 Å². The zero-order valence-corrected chi connectivity index (χ0v) is 17.3. The molecular weight excluding hydrogens is 383 g/mol. The van der Waals surface area contributed by atoms with Crippen molar-refractivity contribution in [1.29, 1.82) is 0 Å². The van der Waals surface area contributed by atoms with Crippen LogP contribution in [0.2, 0.25) is 10.0 Å². The van der Waals surface area contributed by atoms with Crippen LogP contribution in [-0.2, 0) is 22.6 Å². The number of carbonyl (C=O) groups is 2. The van der Waals surface area contributed by atoms with Gasteiger partial charge in [0, 0.05) is 13.6 Å². The average molecular weight is 407 g/mol. The molecule has 0 fully saturated rings. The van der Waals surface area contributed by atoms with Gasteiger partial charge in [-0.1, -0.05) is 60.5 Å². The second-order valence-electron chi connectivity index (χ2n) is 6.41. The van der Waals surface area contributed by atoms with Gasteiger partial charge in [-0.2, -0.15) is 0 Å². The van der Waals surface area contributed by atoms with Gasteiger partial charge in [-0.25, -0.2) is 0 Å². The van der Waals surface area contributed by atoms with E-state index in [4.69, 9.17) is 23.2 Å². The molecule has 0 aliphatic rings. The quantitative estimate of drug-likeness (QED) is 0.740. The first-order valence-electron chi connectivity index (χ1n) is 8.86. The predicted octanol–water partition coefficient (Wildman–Crippen LogP) is 4.40. The summed E-state index contributed by atoms with van der Waals surface area (Å²) in [6.07, 6.45) is 0.676. The summed E-state index contributed by atoms with van der Waals surface area (Å²) >= 11 is 12.0. The van der Waals surface area contributed by atoms with Crippen molar-refractivity contribution in [1.82, 2.24) is 10.2 Å². The van der Waals surface area contributed by atoms with Crippen LogP contribution in [0.4, 0.5) is 0 Å². The second-order valence-corrected chi connectivity index (χ2v) is 7.23. The molecule has 0 radical (unpaired) electrons. The summed E-state index contributed by atoms with van der Waals surface area (Å²) in [6.45, 7) is 4.27. The fraction of sp³-hybridized carbons (Fsp3) is 0.333. The number of carbonyl (C=O) groups excluding carboxylic acids is 2. The van der Waals surface area contributed by atoms with Crippen LogP contribution >= 0.6 is 23.2 Å². The molecule has 6 heteroatoms. The van der Waals surface area contributed by atoms with Gasteiger partial charge in [0.1, 0.15) is 6.04 Å². The van der Waals surface area contributed by atoms with Crippen LogP contribution in [0.25, 0.3) is 0 Å². The predicted molar refractivity (Wildman–Crippen MR) is 110 cm³/mol. The van der Waals surface area contributed by atoms with Gasteiger partial charge in [0.2, 0.25) is 11.8 Å². The van der Waals surface area contributed by atoms with Gasteiger partial charge in [-0.05, 0) is 42.2 Å². The topological polar surface area (TPSA) is 49.4 Å². The fourth-order valence-corrected chi connectivity index (χ4v) is 3.30. The molecule has 0 saturated carbocycles. The first-order valence-corrected chi connectivity index (χ1v) is 9.62. The van der Waals surface area contributed by atoms with Crippen molar-refractivity contribution >= 4 is 35.0 Å². The largest absolute Gasteiger partial charge is 0.357 e. The van der Waals surface area contributed by atoms with Crippen molar-refractivity contribution in [2.75, 3.05) is 7.05 Å². The molecule has 0 bridgehead atoms. The summed E-state index contributed by atoms with van der Waals surface area (Å²) in [5.41, 5.74) is 2.86. The maximum absolute atomic E-state index is 13.1. The minimum atomic E-state index is -0.537. The first kappa shape index (κ1) is 21.3. The zero-order chi connectivity index (χ0) is 20.0. The number of hydrogen-bond donors (Lipinski definition) is 1. The van der Waals surface area contributed by atoms with Gasteiger partial charge in [0.15, 0.2) is 0 Å². The minimum absolute atomic E-state index is 0.132. The van der Waals surface area contributed by atoms with Crippen LogP contribution in [0.5, 0.6) is 0 Å². The maximum Gasteiger partial charge on any atom is 0.242 e. The number of nitrogens with one attached hydrogen (secondary N) is 1. The summed E-state index contributed by atoms with van der Waals surface area (Å²) < 4.78 is 0. The van der Waals surface area contributed by atoms with Crippen molar-refractivity contribution in [3.05, 3.63) is 69.2 Å². The number of nitrogens with zero attached hydrogens (tertiary/aromatic N) is 1. The van der Waals surface area contributed by atoms with Gasteiger partial charge in [0.05, 0.1) is 16.5 Å². The molecule has 0 aliphatic heterocycles. The summed E-state index contributed by atoms with van der Waals surface area (Å²) in [7, 11) is 1.58. The standard InChI is InChI=1S/C21H24Cl2N2O2/c1-4-19(21(27)24-3)25(13-16-8-6-5-7-14(16)2)20(26)12-15-9-10-17(22)18(23)11-15/h5-11,19H,4,12-13H2,1-3H3,(H,24,27)/t19-/m0/s1. The number of halogens is 2. The highest BCUT2D eigenvalue weighted by molar-refractivity contribution is 6.42. The van der Waals surface area contributed by atoms with Crippen molar-refractivity contribution < 1.29 is 9.59 Å². The van der Waals surface area contributed by atoms with Crippen molar-refractivity contribution in [3.63, 3.8) is 0 Å². The monoisotopic (exact) mass is 406 g/mol. The zero-order valence-electron chi connectivity index (χ0n) is 15.8. The van der Waals surface area contributed by atoms with E-state index in [9.17, 15) is 9.59 Å². The number of hydrogen-bond acceptors (Lipinski definition) is 2. The number of rotatable bonds is 7. The third-order valence-corrected chi connectivity index (χ3v) is 5.31. The highest BCUT2D eigenvalue weighted by Gasteiger charge is 2.28. The SMILES string of the molecule is CC[C@@H](C(=O)NC)N(Cc1ccccc1C)C(=O)Cc1ccc(Cl)c(Cl)c1. The van der Waals surface area contributed by atoms with E-state index in [1.54, 1.807) is 30.1 Å². The Morgan fingerprint density at radius 1 is 1.11 bits per heavy atom. The minimum Gasteiger partial charge on any atom is -0.357 e. The Balaban J connectivity index is 2.32. The Morgan fingerprint density at radius 2 is 1.81 bits per heavy atom. The van der Waals surface area contributed by atoms with Crippen LogP contribution in [0.15, 0.2) is 42.5 Å². The molecule has 144 valence electrons. The molecule has 1 atom stereocenters. The molecule has 0 heterocycles. The highest BCUT2D eigenvalue weighted by Crippen LogP contribution is 2.24. The molecule has 0 aromatic heterocycles. The van der Waals surface area contributed by atoms with Gasteiger partial charge < -0.3 is 10.2 Å². The Labute approximate surface area is 170 Å². The lowest BCUT2D eigenvalue weighted by Crippen LogP contribution is -2.48. The number of benzene rings is 2. The number of likely N-dealkylation sites (N-methyl/N-ethyl adjacent to an activating group) is 1. The lowest BCUT2D eigenvalue weighted by molar-refractivity contribution is -0.140. The van der Waals surface area contributed by atoms with Gasteiger partial charge >= 0.3 is 0 Å². The van der Waals surface area contributed by atoms with Gasteiger partial charge in [0.25, 0.3) is 0 Å². The highest BCUT2D eigenvalue weighted by atomic mass is 35.5.